The van der Waals surface area contributed by atoms with Gasteiger partial charge in [0.15, 0.2) is 0 Å². The molecule has 2 aromatic rings. The second-order valence-electron chi connectivity index (χ2n) is 2.80. The van der Waals surface area contributed by atoms with E-state index in [1.165, 1.54) is 23.5 Å². The largest absolute Gasteiger partial charge is 0.506 e. The molecule has 74 valence electrons. The van der Waals surface area contributed by atoms with E-state index < -0.39 is 6.43 Å². The summed E-state index contributed by atoms with van der Waals surface area (Å²) in [6.45, 7) is 0. The number of alkyl halides is 2. The zero-order valence-corrected chi connectivity index (χ0v) is 9.77. The normalized spacial score (nSPS) is 11.4. The second kappa shape index (κ2) is 3.62. The Labute approximate surface area is 96.5 Å². The Morgan fingerprint density at radius 3 is 2.71 bits per heavy atom. The number of thiophene rings is 1. The van der Waals surface area contributed by atoms with E-state index in [9.17, 15) is 13.9 Å². The van der Waals surface area contributed by atoms with Crippen LogP contribution in [0.5, 0.6) is 5.75 Å². The molecule has 0 radical (unpaired) electrons. The van der Waals surface area contributed by atoms with Crippen molar-refractivity contribution in [1.82, 2.24) is 0 Å². The van der Waals surface area contributed by atoms with Crippen LogP contribution in [-0.4, -0.2) is 5.11 Å². The minimum Gasteiger partial charge on any atom is -0.506 e. The summed E-state index contributed by atoms with van der Waals surface area (Å²) in [6.07, 6.45) is -2.46. The van der Waals surface area contributed by atoms with Crippen molar-refractivity contribution in [3.63, 3.8) is 0 Å². The zero-order chi connectivity index (χ0) is 10.3. The molecule has 1 aromatic heterocycles. The number of hydrogen-bond donors (Lipinski definition) is 1. The highest BCUT2D eigenvalue weighted by molar-refractivity contribution is 14.1. The molecule has 1 N–H and O–H groups in total. The van der Waals surface area contributed by atoms with Gasteiger partial charge in [-0.3, -0.25) is 0 Å². The van der Waals surface area contributed by atoms with Crippen LogP contribution in [0.3, 0.4) is 0 Å². The highest BCUT2D eigenvalue weighted by Crippen LogP contribution is 2.37. The third-order valence-corrected chi connectivity index (χ3v) is 3.65. The fourth-order valence-corrected chi connectivity index (χ4v) is 3.25. The van der Waals surface area contributed by atoms with Crippen molar-refractivity contribution >= 4 is 44.0 Å². The number of benzene rings is 1. The van der Waals surface area contributed by atoms with Gasteiger partial charge in [-0.1, -0.05) is 0 Å². The van der Waals surface area contributed by atoms with E-state index in [0.29, 0.717) is 13.7 Å². The van der Waals surface area contributed by atoms with Gasteiger partial charge in [0.25, 0.3) is 6.43 Å². The van der Waals surface area contributed by atoms with Crippen molar-refractivity contribution in [3.8, 4) is 5.75 Å². The second-order valence-corrected chi connectivity index (χ2v) is 4.87. The van der Waals surface area contributed by atoms with Crippen LogP contribution < -0.4 is 0 Å². The molecule has 0 unspecified atom stereocenters. The van der Waals surface area contributed by atoms with Gasteiger partial charge in [0.1, 0.15) is 5.75 Å². The molecule has 0 saturated heterocycles. The van der Waals surface area contributed by atoms with Crippen LogP contribution >= 0.6 is 33.9 Å². The molecule has 0 fully saturated rings. The van der Waals surface area contributed by atoms with Gasteiger partial charge in [-0.2, -0.15) is 0 Å². The monoisotopic (exact) mass is 326 g/mol. The molecular weight excluding hydrogens is 321 g/mol. The van der Waals surface area contributed by atoms with Crippen molar-refractivity contribution in [2.75, 3.05) is 0 Å². The number of fused-ring (bicyclic) bond motifs is 1. The summed E-state index contributed by atoms with van der Waals surface area (Å²) >= 11 is 3.22. The summed E-state index contributed by atoms with van der Waals surface area (Å²) in [5.74, 6) is 0.162. The molecule has 2 rings (SSSR count). The molecule has 0 aliphatic rings. The van der Waals surface area contributed by atoms with Gasteiger partial charge in [0, 0.05) is 24.6 Å². The Kier molecular flexibility index (Phi) is 2.61. The molecule has 0 aliphatic heterocycles. The van der Waals surface area contributed by atoms with E-state index in [4.69, 9.17) is 0 Å². The number of hydrogen-bond acceptors (Lipinski definition) is 2. The summed E-state index contributed by atoms with van der Waals surface area (Å²) in [7, 11) is 0. The smallest absolute Gasteiger partial charge is 0.263 e. The van der Waals surface area contributed by atoms with Gasteiger partial charge >= 0.3 is 0 Å². The van der Waals surface area contributed by atoms with Crippen molar-refractivity contribution < 1.29 is 13.9 Å². The quantitative estimate of drug-likeness (QED) is 0.781. The first-order valence-corrected chi connectivity index (χ1v) is 5.73. The molecule has 0 aliphatic carbocycles. The molecule has 0 amide bonds. The number of halogens is 3. The molecule has 0 spiro atoms. The van der Waals surface area contributed by atoms with E-state index in [0.717, 1.165) is 0 Å². The van der Waals surface area contributed by atoms with E-state index in [1.54, 1.807) is 5.38 Å². The van der Waals surface area contributed by atoms with Crippen LogP contribution in [0.1, 0.15) is 12.0 Å². The number of rotatable bonds is 1. The standard InChI is InChI=1S/C9H5F2IOS/c10-9(11)4-1-5(12)8-6(13)3-14-7(8)2-4/h1-3,9,13H. The van der Waals surface area contributed by atoms with E-state index in [2.05, 4.69) is 0 Å². The summed E-state index contributed by atoms with van der Waals surface area (Å²) in [5, 5.41) is 11.7. The molecule has 1 heterocycles. The summed E-state index contributed by atoms with van der Waals surface area (Å²) in [6, 6.07) is 2.83. The summed E-state index contributed by atoms with van der Waals surface area (Å²) in [5.41, 5.74) is 0.00347. The van der Waals surface area contributed by atoms with Crippen LogP contribution in [0.2, 0.25) is 0 Å². The van der Waals surface area contributed by atoms with Crippen LogP contribution in [0.4, 0.5) is 8.78 Å². The molecule has 0 bridgehead atoms. The maximum Gasteiger partial charge on any atom is 0.263 e. The Morgan fingerprint density at radius 1 is 1.36 bits per heavy atom. The first kappa shape index (κ1) is 10.1. The lowest BCUT2D eigenvalue weighted by molar-refractivity contribution is 0.151. The predicted molar refractivity (Wildman–Crippen MR) is 61.2 cm³/mol. The van der Waals surface area contributed by atoms with Crippen molar-refractivity contribution in [2.45, 2.75) is 6.43 Å². The average Bonchev–Trinajstić information content (AvgIpc) is 2.48. The average molecular weight is 326 g/mol. The topological polar surface area (TPSA) is 20.2 Å². The van der Waals surface area contributed by atoms with Crippen molar-refractivity contribution in [1.29, 1.82) is 0 Å². The van der Waals surface area contributed by atoms with Gasteiger partial charge in [-0.05, 0) is 34.7 Å². The lowest BCUT2D eigenvalue weighted by Crippen LogP contribution is -1.85. The lowest BCUT2D eigenvalue weighted by atomic mass is 10.2. The van der Waals surface area contributed by atoms with Gasteiger partial charge in [-0.25, -0.2) is 8.78 Å². The third kappa shape index (κ3) is 1.58. The molecule has 5 heteroatoms. The van der Waals surface area contributed by atoms with Crippen LogP contribution in [0.15, 0.2) is 17.5 Å². The SMILES string of the molecule is Oc1csc2cc(C(F)F)cc(I)c12. The van der Waals surface area contributed by atoms with E-state index >= 15 is 0 Å². The molecular formula is C9H5F2IOS. The van der Waals surface area contributed by atoms with Crippen LogP contribution in [0, 0.1) is 3.57 Å². The Bertz CT molecular complexity index is 481. The highest BCUT2D eigenvalue weighted by atomic mass is 127. The first-order chi connectivity index (χ1) is 6.59. The minimum absolute atomic E-state index is 0.00347. The Balaban J connectivity index is 2.74. The molecule has 0 atom stereocenters. The van der Waals surface area contributed by atoms with Gasteiger partial charge in [0.2, 0.25) is 0 Å². The van der Waals surface area contributed by atoms with Crippen LogP contribution in [0.25, 0.3) is 10.1 Å². The molecule has 1 nitrogen and oxygen atoms in total. The Morgan fingerprint density at radius 2 is 2.07 bits per heavy atom. The molecule has 1 aromatic carbocycles. The van der Waals surface area contributed by atoms with Gasteiger partial charge < -0.3 is 5.11 Å². The first-order valence-electron chi connectivity index (χ1n) is 3.77. The minimum atomic E-state index is -2.46. The zero-order valence-electron chi connectivity index (χ0n) is 6.80. The number of aromatic hydroxyl groups is 1. The maximum atomic E-state index is 12.4. The van der Waals surface area contributed by atoms with Gasteiger partial charge in [-0.15, -0.1) is 11.3 Å². The van der Waals surface area contributed by atoms with E-state index in [-0.39, 0.29) is 11.3 Å². The van der Waals surface area contributed by atoms with Crippen molar-refractivity contribution in [3.05, 3.63) is 26.6 Å². The van der Waals surface area contributed by atoms with Crippen LogP contribution in [-0.2, 0) is 0 Å². The summed E-state index contributed by atoms with van der Waals surface area (Å²) in [4.78, 5) is 0. The fourth-order valence-electron chi connectivity index (χ4n) is 1.25. The predicted octanol–water partition coefficient (Wildman–Crippen LogP) is 4.15. The molecule has 14 heavy (non-hydrogen) atoms. The van der Waals surface area contributed by atoms with E-state index in [1.807, 2.05) is 22.6 Å². The summed E-state index contributed by atoms with van der Waals surface area (Å²) < 4.78 is 26.2. The maximum absolute atomic E-state index is 12.4. The third-order valence-electron chi connectivity index (χ3n) is 1.88. The van der Waals surface area contributed by atoms with Crippen molar-refractivity contribution in [2.24, 2.45) is 0 Å². The fraction of sp³-hybridized carbons (Fsp3) is 0.111. The molecule has 0 saturated carbocycles. The van der Waals surface area contributed by atoms with Gasteiger partial charge in [0.05, 0.1) is 0 Å². The Hall–Kier alpha value is -0.430. The highest BCUT2D eigenvalue weighted by Gasteiger charge is 2.13. The lowest BCUT2D eigenvalue weighted by Gasteiger charge is -2.01.